The molecule has 1 heterocycles. The number of H-pyrrole nitrogens is 1. The molecule has 3 aromatic rings. The zero-order chi connectivity index (χ0) is 17.8. The summed E-state index contributed by atoms with van der Waals surface area (Å²) >= 11 is -2.61. The number of hydrogen-bond donors (Lipinski definition) is 2. The molecule has 25 heavy (non-hydrogen) atoms. The number of benzene rings is 2. The molecule has 1 atom stereocenters. The molecule has 2 aromatic carbocycles. The Morgan fingerprint density at radius 1 is 1.20 bits per heavy atom. The maximum absolute atomic E-state index is 13.8. The van der Waals surface area contributed by atoms with Crippen molar-refractivity contribution in [2.45, 2.75) is 6.42 Å². The molecule has 0 saturated carbocycles. The molecule has 0 fully saturated rings. The lowest BCUT2D eigenvalue weighted by Crippen LogP contribution is -2.05. The molecule has 0 aliphatic carbocycles. The standard InChI is InChI=1S/C14H11F2N5O3S/c15-9-2-4-12(10(16)7-9)24-13-5-8(6-14-17-20-21-18-14)1-3-11(13)19-25(22)23/h1-5,7,19H,6H2,(H,22,23)(H,17,18,20,21)/p-1. The van der Waals surface area contributed by atoms with E-state index in [-0.39, 0.29) is 17.2 Å². The van der Waals surface area contributed by atoms with Gasteiger partial charge in [0.2, 0.25) is 0 Å². The van der Waals surface area contributed by atoms with E-state index in [2.05, 4.69) is 25.3 Å². The molecule has 0 spiro atoms. The highest BCUT2D eigenvalue weighted by Crippen LogP contribution is 2.33. The number of aromatic nitrogens is 4. The Balaban J connectivity index is 1.93. The minimum Gasteiger partial charge on any atom is -0.755 e. The third-order valence-electron chi connectivity index (χ3n) is 3.10. The molecule has 1 unspecified atom stereocenters. The number of hydrogen-bond acceptors (Lipinski definition) is 6. The van der Waals surface area contributed by atoms with Crippen molar-refractivity contribution in [3.8, 4) is 11.5 Å². The Kier molecular flexibility index (Phi) is 4.95. The van der Waals surface area contributed by atoms with Gasteiger partial charge in [0.05, 0.1) is 5.69 Å². The quantitative estimate of drug-likeness (QED) is 0.645. The number of anilines is 1. The summed E-state index contributed by atoms with van der Waals surface area (Å²) < 4.78 is 56.2. The summed E-state index contributed by atoms with van der Waals surface area (Å²) in [6, 6.07) is 7.36. The lowest BCUT2D eigenvalue weighted by Gasteiger charge is -2.15. The van der Waals surface area contributed by atoms with E-state index >= 15 is 0 Å². The molecule has 0 radical (unpaired) electrons. The van der Waals surface area contributed by atoms with Crippen LogP contribution in [0.2, 0.25) is 0 Å². The second-order valence-corrected chi connectivity index (χ2v) is 5.52. The Labute approximate surface area is 142 Å². The van der Waals surface area contributed by atoms with Gasteiger partial charge in [-0.25, -0.2) is 8.78 Å². The van der Waals surface area contributed by atoms with E-state index in [0.717, 1.165) is 12.1 Å². The van der Waals surface area contributed by atoms with Crippen molar-refractivity contribution < 1.29 is 22.3 Å². The number of ether oxygens (including phenoxy) is 1. The van der Waals surface area contributed by atoms with Gasteiger partial charge in [-0.1, -0.05) is 11.3 Å². The third-order valence-corrected chi connectivity index (χ3v) is 3.49. The van der Waals surface area contributed by atoms with Crippen LogP contribution in [0.5, 0.6) is 11.5 Å². The molecule has 0 amide bonds. The fourth-order valence-corrected chi connectivity index (χ4v) is 2.40. The second kappa shape index (κ2) is 7.32. The number of halogens is 2. The number of tetrazole rings is 1. The normalized spacial score (nSPS) is 12.0. The fourth-order valence-electron chi connectivity index (χ4n) is 2.05. The monoisotopic (exact) mass is 366 g/mol. The maximum Gasteiger partial charge on any atom is 0.178 e. The smallest absolute Gasteiger partial charge is 0.178 e. The molecule has 0 bridgehead atoms. The van der Waals surface area contributed by atoms with Crippen molar-refractivity contribution in [3.63, 3.8) is 0 Å². The van der Waals surface area contributed by atoms with E-state index in [1.807, 2.05) is 0 Å². The van der Waals surface area contributed by atoms with Gasteiger partial charge in [0, 0.05) is 23.8 Å². The van der Waals surface area contributed by atoms with Crippen LogP contribution in [-0.4, -0.2) is 29.4 Å². The minimum absolute atomic E-state index is 0.0377. The number of nitrogens with zero attached hydrogens (tertiary/aromatic N) is 3. The van der Waals surface area contributed by atoms with Crippen LogP contribution in [0.25, 0.3) is 0 Å². The number of nitrogens with one attached hydrogen (secondary N) is 2. The zero-order valence-electron chi connectivity index (χ0n) is 12.4. The minimum atomic E-state index is -2.61. The van der Waals surface area contributed by atoms with Crippen LogP contribution < -0.4 is 9.46 Å². The van der Waals surface area contributed by atoms with Crippen molar-refractivity contribution in [2.75, 3.05) is 4.72 Å². The summed E-state index contributed by atoms with van der Waals surface area (Å²) in [7, 11) is 0. The summed E-state index contributed by atoms with van der Waals surface area (Å²) in [5.41, 5.74) is 0.759. The molecule has 11 heteroatoms. The van der Waals surface area contributed by atoms with Crippen LogP contribution in [0.15, 0.2) is 36.4 Å². The van der Waals surface area contributed by atoms with E-state index in [1.165, 1.54) is 12.1 Å². The third kappa shape index (κ3) is 4.33. The first-order chi connectivity index (χ1) is 12.0. The molecular weight excluding hydrogens is 356 g/mol. The molecule has 2 N–H and O–H groups in total. The Morgan fingerprint density at radius 2 is 2.04 bits per heavy atom. The van der Waals surface area contributed by atoms with E-state index in [9.17, 15) is 17.5 Å². The number of rotatable bonds is 6. The topological polar surface area (TPSA) is 116 Å². The molecule has 130 valence electrons. The van der Waals surface area contributed by atoms with Crippen molar-refractivity contribution >= 4 is 17.0 Å². The van der Waals surface area contributed by atoms with Crippen molar-refractivity contribution in [2.24, 2.45) is 0 Å². The van der Waals surface area contributed by atoms with Crippen molar-refractivity contribution in [1.29, 1.82) is 0 Å². The predicted octanol–water partition coefficient (Wildman–Crippen LogP) is 2.07. The fraction of sp³-hybridized carbons (Fsp3) is 0.0714. The maximum atomic E-state index is 13.8. The molecule has 1 aromatic heterocycles. The van der Waals surface area contributed by atoms with Crippen LogP contribution >= 0.6 is 0 Å². The summed E-state index contributed by atoms with van der Waals surface area (Å²) in [4.78, 5) is 0. The highest BCUT2D eigenvalue weighted by atomic mass is 32.2. The lowest BCUT2D eigenvalue weighted by molar-refractivity contribution is 0.439. The molecule has 0 saturated heterocycles. The summed E-state index contributed by atoms with van der Waals surface area (Å²) in [5, 5.41) is 13.4. The van der Waals surface area contributed by atoms with Crippen LogP contribution in [0.4, 0.5) is 14.5 Å². The zero-order valence-corrected chi connectivity index (χ0v) is 13.2. The molecule has 0 aliphatic heterocycles. The van der Waals surface area contributed by atoms with Gasteiger partial charge in [-0.2, -0.15) is 5.21 Å². The van der Waals surface area contributed by atoms with Gasteiger partial charge in [0.1, 0.15) is 5.82 Å². The van der Waals surface area contributed by atoms with Crippen molar-refractivity contribution in [1.82, 2.24) is 20.6 Å². The Hall–Kier alpha value is -2.92. The van der Waals surface area contributed by atoms with Gasteiger partial charge in [-0.15, -0.1) is 10.2 Å². The van der Waals surface area contributed by atoms with Crippen LogP contribution in [0.3, 0.4) is 0 Å². The molecule has 0 aliphatic rings. The first kappa shape index (κ1) is 16.9. The number of aromatic amines is 1. The van der Waals surface area contributed by atoms with Crippen LogP contribution in [0.1, 0.15) is 11.4 Å². The van der Waals surface area contributed by atoms with Crippen LogP contribution in [-0.2, 0) is 17.7 Å². The predicted molar refractivity (Wildman–Crippen MR) is 82.4 cm³/mol. The summed E-state index contributed by atoms with van der Waals surface area (Å²) in [6.45, 7) is 0. The van der Waals surface area contributed by atoms with Gasteiger partial charge in [0.15, 0.2) is 23.1 Å². The Morgan fingerprint density at radius 3 is 2.72 bits per heavy atom. The largest absolute Gasteiger partial charge is 0.755 e. The molecule has 3 rings (SSSR count). The molecular formula is C14H10F2N5O3S-. The SMILES string of the molecule is O=S([O-])Nc1ccc(Cc2nn[nH]n2)cc1Oc1ccc(F)cc1F. The summed E-state index contributed by atoms with van der Waals surface area (Å²) in [6.07, 6.45) is 0.291. The first-order valence-electron chi connectivity index (χ1n) is 6.85. The van der Waals surface area contributed by atoms with Gasteiger partial charge in [-0.05, 0) is 29.8 Å². The first-order valence-corrected chi connectivity index (χ1v) is 7.93. The Bertz CT molecular complexity index is 907. The average molecular weight is 366 g/mol. The van der Waals surface area contributed by atoms with Gasteiger partial charge in [0.25, 0.3) is 0 Å². The van der Waals surface area contributed by atoms with E-state index in [0.29, 0.717) is 23.9 Å². The average Bonchev–Trinajstić information content (AvgIpc) is 3.05. The van der Waals surface area contributed by atoms with E-state index in [4.69, 9.17) is 4.74 Å². The molecule has 8 nitrogen and oxygen atoms in total. The highest BCUT2D eigenvalue weighted by molar-refractivity contribution is 7.80. The van der Waals surface area contributed by atoms with Gasteiger partial charge in [-0.3, -0.25) is 4.21 Å². The lowest BCUT2D eigenvalue weighted by atomic mass is 10.1. The van der Waals surface area contributed by atoms with Crippen LogP contribution in [0, 0.1) is 11.6 Å². The van der Waals surface area contributed by atoms with E-state index < -0.39 is 22.9 Å². The van der Waals surface area contributed by atoms with Gasteiger partial charge >= 0.3 is 0 Å². The highest BCUT2D eigenvalue weighted by Gasteiger charge is 2.12. The second-order valence-electron chi connectivity index (χ2n) is 4.85. The summed E-state index contributed by atoms with van der Waals surface area (Å²) in [5.74, 6) is -1.48. The van der Waals surface area contributed by atoms with Gasteiger partial charge < -0.3 is 14.0 Å². The van der Waals surface area contributed by atoms with E-state index in [1.54, 1.807) is 6.07 Å². The van der Waals surface area contributed by atoms with Crippen molar-refractivity contribution in [3.05, 3.63) is 59.4 Å².